The Kier molecular flexibility index (Phi) is 5.56. The van der Waals surface area contributed by atoms with Crippen molar-refractivity contribution in [2.24, 2.45) is 0 Å². The van der Waals surface area contributed by atoms with Crippen molar-refractivity contribution < 1.29 is 9.59 Å². The van der Waals surface area contributed by atoms with Crippen LogP contribution in [0.5, 0.6) is 0 Å². The number of nitrogens with one attached hydrogen (secondary N) is 1. The van der Waals surface area contributed by atoms with Gasteiger partial charge in [0.1, 0.15) is 11.9 Å². The second kappa shape index (κ2) is 7.85. The van der Waals surface area contributed by atoms with E-state index in [0.29, 0.717) is 25.9 Å². The number of allylic oxidation sites excluding steroid dienone is 1. The lowest BCUT2D eigenvalue weighted by Crippen LogP contribution is -2.52. The van der Waals surface area contributed by atoms with E-state index in [2.05, 4.69) is 16.5 Å². The number of aromatic nitrogens is 2. The maximum absolute atomic E-state index is 12.7. The van der Waals surface area contributed by atoms with Crippen LogP contribution in [0.4, 0.5) is 5.82 Å². The molecule has 1 unspecified atom stereocenters. The number of fused-ring (bicyclic) bond motifs is 1. The first kappa shape index (κ1) is 17.7. The summed E-state index contributed by atoms with van der Waals surface area (Å²) in [4.78, 5) is 26.8. The van der Waals surface area contributed by atoms with Crippen molar-refractivity contribution in [3.8, 4) is 0 Å². The molecule has 0 fully saturated rings. The molecule has 2 aliphatic rings. The number of hydrogen-bond acceptors (Lipinski definition) is 3. The Morgan fingerprint density at radius 2 is 2.20 bits per heavy atom. The maximum atomic E-state index is 12.7. The van der Waals surface area contributed by atoms with E-state index in [0.717, 1.165) is 30.8 Å². The summed E-state index contributed by atoms with van der Waals surface area (Å²) in [5.74, 6) is 0.676. The van der Waals surface area contributed by atoms with Crippen molar-refractivity contribution in [1.82, 2.24) is 15.1 Å². The number of amides is 2. The molecule has 0 bridgehead atoms. The zero-order valence-corrected chi connectivity index (χ0v) is 15.3. The molecule has 1 atom stereocenters. The van der Waals surface area contributed by atoms with Gasteiger partial charge in [0.25, 0.3) is 0 Å². The SMILES string of the molecule is CCC(C(=O)NCCC1=CCCCC1)N1C(=O)CCn2nc(C)cc21. The minimum atomic E-state index is -0.469. The van der Waals surface area contributed by atoms with Crippen molar-refractivity contribution in [2.45, 2.75) is 71.4 Å². The molecule has 6 heteroatoms. The summed E-state index contributed by atoms with van der Waals surface area (Å²) in [6.07, 6.45) is 9.04. The third-order valence-corrected chi connectivity index (χ3v) is 5.07. The van der Waals surface area contributed by atoms with E-state index < -0.39 is 6.04 Å². The summed E-state index contributed by atoms with van der Waals surface area (Å²) in [7, 11) is 0. The molecule has 1 aromatic heterocycles. The molecule has 0 aromatic carbocycles. The predicted octanol–water partition coefficient (Wildman–Crippen LogP) is 2.71. The Labute approximate surface area is 149 Å². The molecule has 0 radical (unpaired) electrons. The highest BCUT2D eigenvalue weighted by Crippen LogP contribution is 2.26. The van der Waals surface area contributed by atoms with E-state index in [4.69, 9.17) is 0 Å². The van der Waals surface area contributed by atoms with Gasteiger partial charge in [-0.3, -0.25) is 14.5 Å². The first-order valence-corrected chi connectivity index (χ1v) is 9.42. The van der Waals surface area contributed by atoms with Gasteiger partial charge >= 0.3 is 0 Å². The molecule has 1 N–H and O–H groups in total. The first-order chi connectivity index (χ1) is 12.1. The van der Waals surface area contributed by atoms with Gasteiger partial charge in [-0.2, -0.15) is 5.10 Å². The standard InChI is InChI=1S/C19H28N4O2/c1-3-16(19(25)20-11-9-15-7-5-4-6-8-15)23-17-13-14(2)21-22(17)12-10-18(23)24/h7,13,16H,3-6,8-12H2,1-2H3,(H,20,25). The number of nitrogens with zero attached hydrogens (tertiary/aromatic N) is 3. The van der Waals surface area contributed by atoms with Crippen LogP contribution in [0.25, 0.3) is 0 Å². The van der Waals surface area contributed by atoms with Gasteiger partial charge in [-0.05, 0) is 45.4 Å². The second-order valence-electron chi connectivity index (χ2n) is 6.95. The summed E-state index contributed by atoms with van der Waals surface area (Å²) >= 11 is 0. The number of hydrogen-bond donors (Lipinski definition) is 1. The Morgan fingerprint density at radius 1 is 1.36 bits per heavy atom. The second-order valence-corrected chi connectivity index (χ2v) is 6.95. The molecule has 0 saturated carbocycles. The first-order valence-electron chi connectivity index (χ1n) is 9.42. The van der Waals surface area contributed by atoms with Crippen molar-refractivity contribution in [3.63, 3.8) is 0 Å². The largest absolute Gasteiger partial charge is 0.354 e. The topological polar surface area (TPSA) is 67.2 Å². The minimum absolute atomic E-state index is 0.00406. The van der Waals surface area contributed by atoms with Gasteiger partial charge in [-0.15, -0.1) is 0 Å². The molecule has 0 spiro atoms. The van der Waals surface area contributed by atoms with Crippen molar-refractivity contribution in [1.29, 1.82) is 0 Å². The molecular weight excluding hydrogens is 316 g/mol. The van der Waals surface area contributed by atoms with Gasteiger partial charge in [-0.1, -0.05) is 18.6 Å². The van der Waals surface area contributed by atoms with Crippen LogP contribution in [-0.2, 0) is 16.1 Å². The molecule has 1 aliphatic carbocycles. The number of carbonyl (C=O) groups is 2. The summed E-state index contributed by atoms with van der Waals surface area (Å²) in [5.41, 5.74) is 2.32. The Balaban J connectivity index is 1.65. The van der Waals surface area contributed by atoms with E-state index in [1.807, 2.05) is 24.6 Å². The van der Waals surface area contributed by atoms with Crippen LogP contribution in [0.3, 0.4) is 0 Å². The average Bonchev–Trinajstić information content (AvgIpc) is 2.99. The average molecular weight is 344 g/mol. The highest BCUT2D eigenvalue weighted by Gasteiger charge is 2.34. The van der Waals surface area contributed by atoms with Crippen LogP contribution < -0.4 is 10.2 Å². The lowest BCUT2D eigenvalue weighted by molar-refractivity contribution is -0.127. The molecule has 0 saturated heterocycles. The van der Waals surface area contributed by atoms with Crippen molar-refractivity contribution >= 4 is 17.6 Å². The summed E-state index contributed by atoms with van der Waals surface area (Å²) in [6, 6.07) is 1.42. The van der Waals surface area contributed by atoms with Crippen LogP contribution in [-0.4, -0.2) is 34.2 Å². The number of anilines is 1. The summed E-state index contributed by atoms with van der Waals surface area (Å²) in [5, 5.41) is 7.45. The maximum Gasteiger partial charge on any atom is 0.243 e. The fraction of sp³-hybridized carbons (Fsp3) is 0.632. The van der Waals surface area contributed by atoms with Crippen LogP contribution in [0, 0.1) is 6.92 Å². The zero-order chi connectivity index (χ0) is 17.8. The highest BCUT2D eigenvalue weighted by molar-refractivity contribution is 6.00. The minimum Gasteiger partial charge on any atom is -0.354 e. The molecule has 1 aliphatic heterocycles. The Bertz CT molecular complexity index is 677. The molecule has 3 rings (SSSR count). The molecule has 136 valence electrons. The molecule has 2 amide bonds. The Hall–Kier alpha value is -2.11. The van der Waals surface area contributed by atoms with Gasteiger partial charge in [0.2, 0.25) is 11.8 Å². The molecule has 1 aromatic rings. The third-order valence-electron chi connectivity index (χ3n) is 5.07. The van der Waals surface area contributed by atoms with Gasteiger partial charge < -0.3 is 5.32 Å². The normalized spacial score (nSPS) is 18.6. The molecule has 6 nitrogen and oxygen atoms in total. The van der Waals surface area contributed by atoms with E-state index in [1.165, 1.54) is 18.4 Å². The van der Waals surface area contributed by atoms with Crippen LogP contribution in [0.15, 0.2) is 17.7 Å². The fourth-order valence-corrected chi connectivity index (χ4v) is 3.75. The predicted molar refractivity (Wildman–Crippen MR) is 97.3 cm³/mol. The van der Waals surface area contributed by atoms with Crippen LogP contribution in [0.1, 0.15) is 57.6 Å². The quantitative estimate of drug-likeness (QED) is 0.807. The Morgan fingerprint density at radius 3 is 2.92 bits per heavy atom. The monoisotopic (exact) mass is 344 g/mol. The number of rotatable bonds is 6. The van der Waals surface area contributed by atoms with Crippen molar-refractivity contribution in [2.75, 3.05) is 11.4 Å². The molecular formula is C19H28N4O2. The number of aryl methyl sites for hydroxylation is 2. The molecule has 25 heavy (non-hydrogen) atoms. The highest BCUT2D eigenvalue weighted by atomic mass is 16.2. The van der Waals surface area contributed by atoms with Gasteiger partial charge in [-0.25, -0.2) is 4.68 Å². The van der Waals surface area contributed by atoms with E-state index >= 15 is 0 Å². The van der Waals surface area contributed by atoms with Gasteiger partial charge in [0.15, 0.2) is 0 Å². The summed E-state index contributed by atoms with van der Waals surface area (Å²) in [6.45, 7) is 5.09. The van der Waals surface area contributed by atoms with E-state index in [9.17, 15) is 9.59 Å². The summed E-state index contributed by atoms with van der Waals surface area (Å²) < 4.78 is 1.83. The fourth-order valence-electron chi connectivity index (χ4n) is 3.75. The van der Waals surface area contributed by atoms with Crippen LogP contribution in [0.2, 0.25) is 0 Å². The number of carbonyl (C=O) groups excluding carboxylic acids is 2. The van der Waals surface area contributed by atoms with Gasteiger partial charge in [0.05, 0.1) is 12.2 Å². The smallest absolute Gasteiger partial charge is 0.243 e. The van der Waals surface area contributed by atoms with Gasteiger partial charge in [0, 0.05) is 19.0 Å². The third kappa shape index (κ3) is 3.94. The lowest BCUT2D eigenvalue weighted by Gasteiger charge is -2.33. The van der Waals surface area contributed by atoms with E-state index in [1.54, 1.807) is 4.90 Å². The van der Waals surface area contributed by atoms with E-state index in [-0.39, 0.29) is 11.8 Å². The lowest BCUT2D eigenvalue weighted by atomic mass is 9.97. The molecule has 2 heterocycles. The van der Waals surface area contributed by atoms with Crippen molar-refractivity contribution in [3.05, 3.63) is 23.4 Å². The zero-order valence-electron chi connectivity index (χ0n) is 15.3. The van der Waals surface area contributed by atoms with Crippen LogP contribution >= 0.6 is 0 Å².